The van der Waals surface area contributed by atoms with Gasteiger partial charge in [-0.1, -0.05) is 25.1 Å². The summed E-state index contributed by atoms with van der Waals surface area (Å²) in [7, 11) is -3.32. The minimum absolute atomic E-state index is 0.00813. The molecule has 5 nitrogen and oxygen atoms in total. The van der Waals surface area contributed by atoms with E-state index in [2.05, 4.69) is 35.2 Å². The molecule has 0 fully saturated rings. The van der Waals surface area contributed by atoms with E-state index >= 15 is 0 Å². The van der Waals surface area contributed by atoms with Gasteiger partial charge in [0.2, 0.25) is 10.0 Å². The van der Waals surface area contributed by atoms with Crippen LogP contribution in [0.1, 0.15) is 66.2 Å². The normalized spacial score (nSPS) is 14.8. The molecular weight excluding hydrogens is 372 g/mol. The summed E-state index contributed by atoms with van der Waals surface area (Å²) in [4.78, 5) is 12.7. The van der Waals surface area contributed by atoms with Crippen LogP contribution in [-0.4, -0.2) is 20.1 Å². The van der Waals surface area contributed by atoms with Gasteiger partial charge in [-0.15, -0.1) is 0 Å². The Kier molecular flexibility index (Phi) is 6.39. The maximum atomic E-state index is 12.7. The number of benzene rings is 2. The summed E-state index contributed by atoms with van der Waals surface area (Å²) in [6.45, 7) is 3.64. The highest BCUT2D eigenvalue weighted by Crippen LogP contribution is 2.26. The zero-order valence-electron chi connectivity index (χ0n) is 16.5. The number of anilines is 1. The molecule has 2 aromatic carbocycles. The summed E-state index contributed by atoms with van der Waals surface area (Å²) < 4.78 is 25.8. The highest BCUT2D eigenvalue weighted by molar-refractivity contribution is 7.92. The molecule has 0 radical (unpaired) electrons. The number of fused-ring (bicyclic) bond motifs is 1. The lowest BCUT2D eigenvalue weighted by atomic mass is 9.88. The third-order valence-corrected chi connectivity index (χ3v) is 6.60. The van der Waals surface area contributed by atoms with Crippen molar-refractivity contribution < 1.29 is 13.2 Å². The average molecular weight is 401 g/mol. The van der Waals surface area contributed by atoms with Crippen molar-refractivity contribution in [3.05, 3.63) is 64.7 Å². The minimum atomic E-state index is -3.32. The van der Waals surface area contributed by atoms with Gasteiger partial charge in [-0.25, -0.2) is 8.42 Å². The quantitative estimate of drug-likeness (QED) is 0.731. The van der Waals surface area contributed by atoms with Crippen molar-refractivity contribution in [2.45, 2.75) is 52.0 Å². The zero-order valence-corrected chi connectivity index (χ0v) is 17.3. The molecule has 0 saturated carbocycles. The number of rotatable bonds is 7. The number of sulfonamides is 1. The Bertz CT molecular complexity index is 937. The van der Waals surface area contributed by atoms with E-state index in [9.17, 15) is 13.2 Å². The molecule has 1 unspecified atom stereocenters. The standard InChI is InChI=1S/C22H28N2O3S/c1-3-21(19-10-9-16-7-5-6-8-18(16)15-19)23-22(25)17-11-13-20(14-12-17)24-28(26,27)4-2/h9-15,21,24H,3-8H2,1-2H3,(H,23,25). The van der Waals surface area contributed by atoms with Crippen LogP contribution in [0.25, 0.3) is 0 Å². The van der Waals surface area contributed by atoms with Crippen molar-refractivity contribution in [1.82, 2.24) is 5.32 Å². The molecule has 0 saturated heterocycles. The van der Waals surface area contributed by atoms with Crippen molar-refractivity contribution in [2.24, 2.45) is 0 Å². The predicted molar refractivity (Wildman–Crippen MR) is 113 cm³/mol. The van der Waals surface area contributed by atoms with Crippen molar-refractivity contribution in [3.8, 4) is 0 Å². The number of hydrogen-bond acceptors (Lipinski definition) is 3. The molecule has 1 aliphatic carbocycles. The van der Waals surface area contributed by atoms with Gasteiger partial charge in [0.15, 0.2) is 0 Å². The Labute approximate surface area is 167 Å². The second-order valence-corrected chi connectivity index (χ2v) is 9.26. The van der Waals surface area contributed by atoms with Crippen molar-refractivity contribution in [2.75, 3.05) is 10.5 Å². The molecule has 0 spiro atoms. The van der Waals surface area contributed by atoms with Gasteiger partial charge in [0.25, 0.3) is 5.91 Å². The second kappa shape index (κ2) is 8.78. The lowest BCUT2D eigenvalue weighted by Crippen LogP contribution is -2.28. The van der Waals surface area contributed by atoms with E-state index in [0.29, 0.717) is 11.3 Å². The maximum Gasteiger partial charge on any atom is 0.251 e. The first-order chi connectivity index (χ1) is 13.4. The van der Waals surface area contributed by atoms with Crippen LogP contribution < -0.4 is 10.0 Å². The van der Waals surface area contributed by atoms with Crippen LogP contribution in [-0.2, 0) is 22.9 Å². The van der Waals surface area contributed by atoms with Crippen molar-refractivity contribution >= 4 is 21.6 Å². The first-order valence-electron chi connectivity index (χ1n) is 9.95. The molecule has 0 bridgehead atoms. The van der Waals surface area contributed by atoms with Crippen LogP contribution in [0, 0.1) is 0 Å². The fourth-order valence-corrected chi connectivity index (χ4v) is 4.21. The lowest BCUT2D eigenvalue weighted by molar-refractivity contribution is 0.0935. The second-order valence-electron chi connectivity index (χ2n) is 7.25. The van der Waals surface area contributed by atoms with Crippen LogP contribution in [0.15, 0.2) is 42.5 Å². The molecule has 2 N–H and O–H groups in total. The molecule has 0 heterocycles. The summed E-state index contributed by atoms with van der Waals surface area (Å²) in [5.74, 6) is -0.150. The first-order valence-corrected chi connectivity index (χ1v) is 11.6. The molecular formula is C22H28N2O3S. The van der Waals surface area contributed by atoms with E-state index in [-0.39, 0.29) is 17.7 Å². The van der Waals surface area contributed by atoms with Crippen LogP contribution in [0.2, 0.25) is 0 Å². The SMILES string of the molecule is CCC(NC(=O)c1ccc(NS(=O)(=O)CC)cc1)c1ccc2c(c1)CCCC2. The fraction of sp³-hybridized carbons (Fsp3) is 0.409. The van der Waals surface area contributed by atoms with Gasteiger partial charge < -0.3 is 5.32 Å². The van der Waals surface area contributed by atoms with E-state index in [1.165, 1.54) is 24.0 Å². The van der Waals surface area contributed by atoms with Crippen LogP contribution in [0.5, 0.6) is 0 Å². The number of nitrogens with one attached hydrogen (secondary N) is 2. The minimum Gasteiger partial charge on any atom is -0.345 e. The van der Waals surface area contributed by atoms with Crippen LogP contribution in [0.4, 0.5) is 5.69 Å². The van der Waals surface area contributed by atoms with E-state index in [1.54, 1.807) is 31.2 Å². The van der Waals surface area contributed by atoms with Gasteiger partial charge >= 0.3 is 0 Å². The third kappa shape index (κ3) is 4.93. The number of aryl methyl sites for hydroxylation is 2. The summed E-state index contributed by atoms with van der Waals surface area (Å²) in [5.41, 5.74) is 4.95. The third-order valence-electron chi connectivity index (χ3n) is 5.29. The molecule has 1 aliphatic rings. The molecule has 3 rings (SSSR count). The van der Waals surface area contributed by atoms with Crippen molar-refractivity contribution in [3.63, 3.8) is 0 Å². The number of carbonyl (C=O) groups excluding carboxylic acids is 1. The zero-order chi connectivity index (χ0) is 20.1. The Balaban J connectivity index is 1.70. The molecule has 6 heteroatoms. The molecule has 1 atom stereocenters. The Hall–Kier alpha value is -2.34. The summed E-state index contributed by atoms with van der Waals surface area (Å²) >= 11 is 0. The van der Waals surface area contributed by atoms with Gasteiger partial charge in [0, 0.05) is 11.3 Å². The Morgan fingerprint density at radius 1 is 1.00 bits per heavy atom. The van der Waals surface area contributed by atoms with Crippen LogP contribution in [0.3, 0.4) is 0 Å². The lowest BCUT2D eigenvalue weighted by Gasteiger charge is -2.22. The molecule has 1 amide bonds. The Morgan fingerprint density at radius 3 is 2.32 bits per heavy atom. The van der Waals surface area contributed by atoms with Gasteiger partial charge in [0.1, 0.15) is 0 Å². The molecule has 2 aromatic rings. The monoisotopic (exact) mass is 400 g/mol. The fourth-order valence-electron chi connectivity index (χ4n) is 3.57. The van der Waals surface area contributed by atoms with E-state index < -0.39 is 10.0 Å². The van der Waals surface area contributed by atoms with E-state index in [0.717, 1.165) is 24.8 Å². The summed E-state index contributed by atoms with van der Waals surface area (Å²) in [6.07, 6.45) is 5.55. The van der Waals surface area contributed by atoms with Gasteiger partial charge in [-0.3, -0.25) is 9.52 Å². The Morgan fingerprint density at radius 2 is 1.68 bits per heavy atom. The number of amides is 1. The van der Waals surface area contributed by atoms with Gasteiger partial charge in [-0.2, -0.15) is 0 Å². The van der Waals surface area contributed by atoms with Gasteiger partial charge in [0.05, 0.1) is 11.8 Å². The molecule has 150 valence electrons. The molecule has 28 heavy (non-hydrogen) atoms. The van der Waals surface area contributed by atoms with Crippen LogP contribution >= 0.6 is 0 Å². The molecule has 0 aliphatic heterocycles. The number of hydrogen-bond donors (Lipinski definition) is 2. The maximum absolute atomic E-state index is 12.7. The predicted octanol–water partition coefficient (Wildman–Crippen LogP) is 4.21. The molecule has 0 aromatic heterocycles. The van der Waals surface area contributed by atoms with E-state index in [1.807, 2.05) is 0 Å². The van der Waals surface area contributed by atoms with Crippen molar-refractivity contribution in [1.29, 1.82) is 0 Å². The first kappa shape index (κ1) is 20.4. The summed E-state index contributed by atoms with van der Waals surface area (Å²) in [6, 6.07) is 13.0. The van der Waals surface area contributed by atoms with E-state index in [4.69, 9.17) is 0 Å². The average Bonchev–Trinajstić information content (AvgIpc) is 2.71. The largest absolute Gasteiger partial charge is 0.345 e. The highest BCUT2D eigenvalue weighted by Gasteiger charge is 2.17. The van der Waals surface area contributed by atoms with Gasteiger partial charge in [-0.05, 0) is 80.0 Å². The topological polar surface area (TPSA) is 75.3 Å². The number of carbonyl (C=O) groups is 1. The summed E-state index contributed by atoms with van der Waals surface area (Å²) in [5, 5.41) is 3.11. The highest BCUT2D eigenvalue weighted by atomic mass is 32.2. The smallest absolute Gasteiger partial charge is 0.251 e.